The van der Waals surface area contributed by atoms with Crippen molar-refractivity contribution in [1.29, 1.82) is 0 Å². The van der Waals surface area contributed by atoms with Crippen LogP contribution in [0.1, 0.15) is 50.2 Å². The molecule has 2 aliphatic rings. The van der Waals surface area contributed by atoms with Gasteiger partial charge in [0.05, 0.1) is 11.8 Å². The van der Waals surface area contributed by atoms with Crippen LogP contribution in [0.15, 0.2) is 36.7 Å². The summed E-state index contributed by atoms with van der Waals surface area (Å²) < 4.78 is 15.2. The Hall–Kier alpha value is -1.72. The normalized spacial score (nSPS) is 29.2. The second kappa shape index (κ2) is 6.54. The molecule has 3 heterocycles. The van der Waals surface area contributed by atoms with Crippen molar-refractivity contribution in [2.75, 3.05) is 0 Å². The van der Waals surface area contributed by atoms with E-state index < -0.39 is 5.60 Å². The first kappa shape index (κ1) is 16.7. The zero-order valence-corrected chi connectivity index (χ0v) is 14.7. The van der Waals surface area contributed by atoms with Gasteiger partial charge in [0.15, 0.2) is 0 Å². The van der Waals surface area contributed by atoms with Crippen LogP contribution < -0.4 is 0 Å². The van der Waals surface area contributed by atoms with Crippen LogP contribution in [0, 0.1) is 5.82 Å². The molecule has 1 N–H and O–H groups in total. The first-order valence-electron chi connectivity index (χ1n) is 9.33. The van der Waals surface area contributed by atoms with Crippen LogP contribution >= 0.6 is 0 Å². The van der Waals surface area contributed by atoms with Crippen molar-refractivity contribution in [1.82, 2.24) is 14.7 Å². The lowest BCUT2D eigenvalue weighted by molar-refractivity contribution is -0.0595. The molecule has 2 aromatic rings. The largest absolute Gasteiger partial charge is 0.385 e. The summed E-state index contributed by atoms with van der Waals surface area (Å²) in [5, 5.41) is 15.6. The second-order valence-corrected chi connectivity index (χ2v) is 7.62. The molecule has 2 atom stereocenters. The van der Waals surface area contributed by atoms with Crippen LogP contribution in [0.5, 0.6) is 0 Å². The number of rotatable bonds is 5. The molecule has 2 bridgehead atoms. The highest BCUT2D eigenvalue weighted by Gasteiger charge is 2.48. The molecule has 0 aliphatic carbocycles. The molecule has 1 aromatic carbocycles. The molecule has 134 valence electrons. The number of aliphatic hydroxyl groups is 1. The number of aromatic nitrogens is 2. The van der Waals surface area contributed by atoms with E-state index in [4.69, 9.17) is 0 Å². The molecular formula is C20H26FN3O. The summed E-state index contributed by atoms with van der Waals surface area (Å²) in [6, 6.07) is 7.12. The van der Waals surface area contributed by atoms with E-state index in [0.717, 1.165) is 50.8 Å². The van der Waals surface area contributed by atoms with E-state index in [1.165, 1.54) is 17.7 Å². The predicted molar refractivity (Wildman–Crippen MR) is 94.4 cm³/mol. The van der Waals surface area contributed by atoms with Crippen LogP contribution in [0.3, 0.4) is 0 Å². The summed E-state index contributed by atoms with van der Waals surface area (Å²) in [6.07, 6.45) is 8.88. The molecular weight excluding hydrogens is 317 g/mol. The average molecular weight is 343 g/mol. The van der Waals surface area contributed by atoms with Crippen LogP contribution in [0.25, 0.3) is 0 Å². The van der Waals surface area contributed by atoms with Gasteiger partial charge in [-0.3, -0.25) is 9.58 Å². The maximum atomic E-state index is 13.2. The monoisotopic (exact) mass is 343 g/mol. The minimum atomic E-state index is -0.831. The maximum Gasteiger partial charge on any atom is 0.123 e. The lowest BCUT2D eigenvalue weighted by atomic mass is 9.80. The Bertz CT molecular complexity index is 713. The van der Waals surface area contributed by atoms with Gasteiger partial charge in [-0.2, -0.15) is 5.10 Å². The Kier molecular flexibility index (Phi) is 4.38. The summed E-state index contributed by atoms with van der Waals surface area (Å²) in [5.41, 5.74) is 1.27. The van der Waals surface area contributed by atoms with Gasteiger partial charge in [-0.1, -0.05) is 19.1 Å². The van der Waals surface area contributed by atoms with Gasteiger partial charge in [-0.05, 0) is 49.8 Å². The number of hydrogen-bond donors (Lipinski definition) is 1. The molecule has 4 rings (SSSR count). The van der Waals surface area contributed by atoms with Crippen molar-refractivity contribution in [3.8, 4) is 0 Å². The Balaban J connectivity index is 1.48. The third-order valence-corrected chi connectivity index (χ3v) is 5.80. The molecule has 2 saturated heterocycles. The van der Waals surface area contributed by atoms with E-state index in [2.05, 4.69) is 23.1 Å². The fourth-order valence-electron chi connectivity index (χ4n) is 4.62. The highest BCUT2D eigenvalue weighted by atomic mass is 19.1. The standard InChI is InChI=1S/C20H26FN3O/c1-2-9-23-13-15(12-22-23)14-24-18-7-8-19(24)11-20(25,10-18)16-3-5-17(21)6-4-16/h3-6,12-13,18-19,25H,2,7-11,14H2,1H3. The lowest BCUT2D eigenvalue weighted by Gasteiger charge is -2.44. The van der Waals surface area contributed by atoms with Gasteiger partial charge >= 0.3 is 0 Å². The number of benzene rings is 1. The van der Waals surface area contributed by atoms with Crippen molar-refractivity contribution in [3.05, 3.63) is 53.6 Å². The fraction of sp³-hybridized carbons (Fsp3) is 0.550. The topological polar surface area (TPSA) is 41.3 Å². The van der Waals surface area contributed by atoms with Crippen molar-refractivity contribution >= 4 is 0 Å². The number of halogens is 1. The van der Waals surface area contributed by atoms with Gasteiger partial charge in [0.1, 0.15) is 5.82 Å². The molecule has 1 aromatic heterocycles. The molecule has 0 radical (unpaired) electrons. The first-order valence-corrected chi connectivity index (χ1v) is 9.33. The first-order chi connectivity index (χ1) is 12.1. The van der Waals surface area contributed by atoms with E-state index in [1.54, 1.807) is 12.1 Å². The van der Waals surface area contributed by atoms with Crippen molar-refractivity contribution in [2.45, 2.75) is 69.8 Å². The minimum absolute atomic E-state index is 0.253. The van der Waals surface area contributed by atoms with Crippen LogP contribution in [0.4, 0.5) is 4.39 Å². The zero-order valence-electron chi connectivity index (χ0n) is 14.7. The molecule has 2 unspecified atom stereocenters. The predicted octanol–water partition coefficient (Wildman–Crippen LogP) is 3.45. The Labute approximate surface area is 148 Å². The molecule has 0 spiro atoms. The Morgan fingerprint density at radius 2 is 1.88 bits per heavy atom. The summed E-state index contributed by atoms with van der Waals surface area (Å²) in [6.45, 7) is 4.01. The molecule has 2 fully saturated rings. The molecule has 25 heavy (non-hydrogen) atoms. The van der Waals surface area contributed by atoms with Gasteiger partial charge in [-0.25, -0.2) is 4.39 Å². The second-order valence-electron chi connectivity index (χ2n) is 7.62. The SMILES string of the molecule is CCCn1cc(CN2C3CCC2CC(O)(c2ccc(F)cc2)C3)cn1. The van der Waals surface area contributed by atoms with E-state index >= 15 is 0 Å². The number of piperidine rings is 1. The Morgan fingerprint density at radius 1 is 1.20 bits per heavy atom. The molecule has 2 aliphatic heterocycles. The van der Waals surface area contributed by atoms with E-state index in [-0.39, 0.29) is 5.82 Å². The Morgan fingerprint density at radius 3 is 2.52 bits per heavy atom. The van der Waals surface area contributed by atoms with Crippen molar-refractivity contribution < 1.29 is 9.50 Å². The summed E-state index contributed by atoms with van der Waals surface area (Å²) >= 11 is 0. The molecule has 5 heteroatoms. The molecule has 0 saturated carbocycles. The van der Waals surface area contributed by atoms with Gasteiger partial charge in [0.2, 0.25) is 0 Å². The maximum absolute atomic E-state index is 13.2. The van der Waals surface area contributed by atoms with Gasteiger partial charge in [0, 0.05) is 36.9 Å². The number of nitrogens with zero attached hydrogens (tertiary/aromatic N) is 3. The molecule has 0 amide bonds. The zero-order chi connectivity index (χ0) is 17.4. The third-order valence-electron chi connectivity index (χ3n) is 5.80. The smallest absolute Gasteiger partial charge is 0.123 e. The number of hydrogen-bond acceptors (Lipinski definition) is 3. The van der Waals surface area contributed by atoms with Crippen LogP contribution in [-0.2, 0) is 18.7 Å². The number of fused-ring (bicyclic) bond motifs is 2. The van der Waals surface area contributed by atoms with Gasteiger partial charge < -0.3 is 5.11 Å². The van der Waals surface area contributed by atoms with Crippen LogP contribution in [0.2, 0.25) is 0 Å². The third kappa shape index (κ3) is 3.23. The highest BCUT2D eigenvalue weighted by molar-refractivity contribution is 5.26. The van der Waals surface area contributed by atoms with Crippen molar-refractivity contribution in [2.24, 2.45) is 0 Å². The summed E-state index contributed by atoms with van der Waals surface area (Å²) in [5.74, 6) is -0.253. The van der Waals surface area contributed by atoms with Gasteiger partial charge in [-0.15, -0.1) is 0 Å². The minimum Gasteiger partial charge on any atom is -0.385 e. The van der Waals surface area contributed by atoms with E-state index in [1.807, 2.05) is 10.9 Å². The summed E-state index contributed by atoms with van der Waals surface area (Å²) in [4.78, 5) is 2.53. The molecule has 4 nitrogen and oxygen atoms in total. The van der Waals surface area contributed by atoms with E-state index in [0.29, 0.717) is 12.1 Å². The average Bonchev–Trinajstić information content (AvgIpc) is 3.12. The summed E-state index contributed by atoms with van der Waals surface area (Å²) in [7, 11) is 0. The quantitative estimate of drug-likeness (QED) is 0.904. The van der Waals surface area contributed by atoms with Crippen LogP contribution in [-0.4, -0.2) is 31.9 Å². The van der Waals surface area contributed by atoms with Crippen molar-refractivity contribution in [3.63, 3.8) is 0 Å². The highest BCUT2D eigenvalue weighted by Crippen LogP contribution is 2.46. The van der Waals surface area contributed by atoms with E-state index in [9.17, 15) is 9.50 Å². The number of aryl methyl sites for hydroxylation is 1. The lowest BCUT2D eigenvalue weighted by Crippen LogP contribution is -2.49. The van der Waals surface area contributed by atoms with Gasteiger partial charge in [0.25, 0.3) is 0 Å². The fourth-order valence-corrected chi connectivity index (χ4v) is 4.62.